The maximum Gasteiger partial charge on any atom is 0.289 e. The van der Waals surface area contributed by atoms with E-state index in [1.165, 1.54) is 18.2 Å². The third-order valence-electron chi connectivity index (χ3n) is 4.97. The van der Waals surface area contributed by atoms with E-state index in [2.05, 4.69) is 15.5 Å². The van der Waals surface area contributed by atoms with E-state index in [1.54, 1.807) is 21.1 Å². The fourth-order valence-electron chi connectivity index (χ4n) is 3.40. The molecule has 2 aromatic heterocycles. The van der Waals surface area contributed by atoms with Gasteiger partial charge in [-0.25, -0.2) is 0 Å². The van der Waals surface area contributed by atoms with Crippen LogP contribution in [0.3, 0.4) is 0 Å². The standard InChI is InChI=1S/C21H19ClN6O4S/c1-2-3-10-26-19(30)14-6-4-5-7-16(14)27-20(26)24-25-21(27)33-12-18(29)23-13-8-9-15(22)17(11-13)28(31)32/h4-9,11H,2-3,10,12H2,1H3,(H,23,29). The molecule has 0 saturated carbocycles. The van der Waals surface area contributed by atoms with Crippen molar-refractivity contribution in [2.24, 2.45) is 0 Å². The van der Waals surface area contributed by atoms with E-state index in [9.17, 15) is 19.7 Å². The van der Waals surface area contributed by atoms with Gasteiger partial charge in [-0.3, -0.25) is 28.7 Å². The van der Waals surface area contributed by atoms with Crippen LogP contribution in [-0.2, 0) is 11.3 Å². The molecule has 1 N–H and O–H groups in total. The van der Waals surface area contributed by atoms with E-state index in [0.29, 0.717) is 28.4 Å². The number of carbonyl (C=O) groups excluding carboxylic acids is 1. The third-order valence-corrected chi connectivity index (χ3v) is 6.22. The predicted molar refractivity (Wildman–Crippen MR) is 127 cm³/mol. The van der Waals surface area contributed by atoms with Gasteiger partial charge in [0.25, 0.3) is 11.2 Å². The number of aromatic nitrogens is 4. The highest BCUT2D eigenvalue weighted by molar-refractivity contribution is 7.99. The Balaban J connectivity index is 1.61. The smallest absolute Gasteiger partial charge is 0.289 e. The van der Waals surface area contributed by atoms with Gasteiger partial charge in [0.2, 0.25) is 11.7 Å². The Morgan fingerprint density at radius 3 is 2.79 bits per heavy atom. The second kappa shape index (κ2) is 9.59. The van der Waals surface area contributed by atoms with Gasteiger partial charge >= 0.3 is 0 Å². The van der Waals surface area contributed by atoms with Crippen LogP contribution in [0.5, 0.6) is 0 Å². The van der Waals surface area contributed by atoms with E-state index in [-0.39, 0.29) is 33.6 Å². The van der Waals surface area contributed by atoms with Crippen molar-refractivity contribution in [1.29, 1.82) is 0 Å². The fraction of sp³-hybridized carbons (Fsp3) is 0.238. The van der Waals surface area contributed by atoms with Gasteiger partial charge in [-0.2, -0.15) is 0 Å². The molecule has 2 aromatic carbocycles. The monoisotopic (exact) mass is 486 g/mol. The van der Waals surface area contributed by atoms with Crippen molar-refractivity contribution in [3.8, 4) is 0 Å². The molecular weight excluding hydrogens is 468 g/mol. The molecule has 0 unspecified atom stereocenters. The number of nitro benzene ring substituents is 1. The van der Waals surface area contributed by atoms with Gasteiger partial charge < -0.3 is 5.32 Å². The van der Waals surface area contributed by atoms with E-state index in [0.717, 1.165) is 24.6 Å². The van der Waals surface area contributed by atoms with E-state index >= 15 is 0 Å². The normalized spacial score (nSPS) is 11.2. The van der Waals surface area contributed by atoms with Gasteiger partial charge in [0.1, 0.15) is 5.02 Å². The van der Waals surface area contributed by atoms with Crippen LogP contribution in [0.25, 0.3) is 16.7 Å². The van der Waals surface area contributed by atoms with E-state index in [4.69, 9.17) is 11.6 Å². The van der Waals surface area contributed by atoms with Gasteiger partial charge in [-0.1, -0.05) is 48.8 Å². The first-order valence-electron chi connectivity index (χ1n) is 10.1. The summed E-state index contributed by atoms with van der Waals surface area (Å²) in [6, 6.07) is 11.3. The number of nitro groups is 1. The molecule has 170 valence electrons. The number of hydrogen-bond acceptors (Lipinski definition) is 7. The average Bonchev–Trinajstić information content (AvgIpc) is 3.23. The number of nitrogens with zero attached hydrogens (tertiary/aromatic N) is 5. The summed E-state index contributed by atoms with van der Waals surface area (Å²) in [7, 11) is 0. The molecule has 0 aliphatic rings. The summed E-state index contributed by atoms with van der Waals surface area (Å²) in [5.41, 5.74) is 0.507. The minimum Gasteiger partial charge on any atom is -0.325 e. The number of amides is 1. The highest BCUT2D eigenvalue weighted by Crippen LogP contribution is 2.28. The molecule has 12 heteroatoms. The summed E-state index contributed by atoms with van der Waals surface area (Å²) < 4.78 is 3.38. The molecule has 1 amide bonds. The van der Waals surface area contributed by atoms with Crippen LogP contribution in [0.4, 0.5) is 11.4 Å². The first-order valence-corrected chi connectivity index (χ1v) is 11.5. The lowest BCUT2D eigenvalue weighted by Gasteiger charge is -2.11. The molecule has 0 atom stereocenters. The summed E-state index contributed by atoms with van der Waals surface area (Å²) in [5, 5.41) is 23.1. The van der Waals surface area contributed by atoms with E-state index in [1.807, 2.05) is 19.1 Å². The van der Waals surface area contributed by atoms with Crippen LogP contribution >= 0.6 is 23.4 Å². The number of carbonyl (C=O) groups is 1. The van der Waals surface area contributed by atoms with Crippen molar-refractivity contribution in [2.75, 3.05) is 11.1 Å². The zero-order valence-electron chi connectivity index (χ0n) is 17.5. The Bertz CT molecular complexity index is 1430. The first kappa shape index (κ1) is 22.7. The largest absolute Gasteiger partial charge is 0.325 e. The second-order valence-electron chi connectivity index (χ2n) is 7.21. The Kier molecular flexibility index (Phi) is 6.61. The number of rotatable bonds is 8. The number of unbranched alkanes of at least 4 members (excludes halogenated alkanes) is 1. The lowest BCUT2D eigenvalue weighted by atomic mass is 10.2. The summed E-state index contributed by atoms with van der Waals surface area (Å²) in [6.45, 7) is 2.56. The lowest BCUT2D eigenvalue weighted by Crippen LogP contribution is -2.23. The number of hydrogen-bond donors (Lipinski definition) is 1. The van der Waals surface area contributed by atoms with Gasteiger partial charge in [0.15, 0.2) is 5.16 Å². The van der Waals surface area contributed by atoms with Crippen LogP contribution < -0.4 is 10.9 Å². The Hall–Kier alpha value is -3.44. The van der Waals surface area contributed by atoms with Crippen molar-refractivity contribution in [2.45, 2.75) is 31.5 Å². The van der Waals surface area contributed by atoms with Crippen molar-refractivity contribution in [1.82, 2.24) is 19.2 Å². The summed E-state index contributed by atoms with van der Waals surface area (Å²) in [4.78, 5) is 35.9. The van der Waals surface area contributed by atoms with Crippen molar-refractivity contribution in [3.05, 3.63) is 68.0 Å². The van der Waals surface area contributed by atoms with Crippen LogP contribution in [0.15, 0.2) is 52.4 Å². The SMILES string of the molecule is CCCCn1c(=O)c2ccccc2n2c(SCC(=O)Nc3ccc(Cl)c([N+](=O)[O-])c3)nnc12. The average molecular weight is 487 g/mol. The van der Waals surface area contributed by atoms with Gasteiger partial charge in [-0.15, -0.1) is 10.2 Å². The molecule has 0 aliphatic heterocycles. The molecule has 4 aromatic rings. The molecule has 0 bridgehead atoms. The number of nitrogens with one attached hydrogen (secondary N) is 1. The number of anilines is 1. The predicted octanol–water partition coefficient (Wildman–Crippen LogP) is 4.14. The van der Waals surface area contributed by atoms with E-state index < -0.39 is 4.92 Å². The molecule has 0 saturated heterocycles. The number of thioether (sulfide) groups is 1. The number of fused-ring (bicyclic) bond motifs is 3. The van der Waals surface area contributed by atoms with Gasteiger partial charge in [0, 0.05) is 18.3 Å². The zero-order valence-corrected chi connectivity index (χ0v) is 19.1. The minimum atomic E-state index is -0.613. The molecule has 0 radical (unpaired) electrons. The lowest BCUT2D eigenvalue weighted by molar-refractivity contribution is -0.384. The zero-order chi connectivity index (χ0) is 23.5. The Morgan fingerprint density at radius 2 is 2.03 bits per heavy atom. The molecular formula is C21H19ClN6O4S. The summed E-state index contributed by atoms with van der Waals surface area (Å²) in [5.74, 6) is 0.0277. The number of para-hydroxylation sites is 1. The third kappa shape index (κ3) is 4.55. The maximum atomic E-state index is 13.0. The molecule has 0 fully saturated rings. The summed E-state index contributed by atoms with van der Waals surface area (Å²) >= 11 is 6.97. The highest BCUT2D eigenvalue weighted by atomic mass is 35.5. The van der Waals surface area contributed by atoms with Crippen molar-refractivity contribution >= 4 is 57.3 Å². The molecule has 0 spiro atoms. The van der Waals surface area contributed by atoms with Crippen LogP contribution in [0.2, 0.25) is 5.02 Å². The highest BCUT2D eigenvalue weighted by Gasteiger charge is 2.18. The Labute approximate surface area is 196 Å². The van der Waals surface area contributed by atoms with Crippen LogP contribution in [0.1, 0.15) is 19.8 Å². The molecule has 33 heavy (non-hydrogen) atoms. The fourth-order valence-corrected chi connectivity index (χ4v) is 4.33. The Morgan fingerprint density at radius 1 is 1.24 bits per heavy atom. The molecule has 2 heterocycles. The van der Waals surface area contributed by atoms with Crippen molar-refractivity contribution < 1.29 is 9.72 Å². The molecule has 10 nitrogen and oxygen atoms in total. The van der Waals surface area contributed by atoms with Crippen LogP contribution in [-0.4, -0.2) is 35.7 Å². The molecule has 4 rings (SSSR count). The maximum absolute atomic E-state index is 13.0. The van der Waals surface area contributed by atoms with Crippen molar-refractivity contribution in [3.63, 3.8) is 0 Å². The minimum absolute atomic E-state index is 0.0108. The second-order valence-corrected chi connectivity index (χ2v) is 8.56. The quantitative estimate of drug-likeness (QED) is 0.225. The number of halogens is 1. The summed E-state index contributed by atoms with van der Waals surface area (Å²) in [6.07, 6.45) is 1.74. The van der Waals surface area contributed by atoms with Gasteiger partial charge in [0.05, 0.1) is 21.6 Å². The topological polar surface area (TPSA) is 124 Å². The first-order chi connectivity index (χ1) is 15.9. The number of benzene rings is 2. The molecule has 0 aliphatic carbocycles. The van der Waals surface area contributed by atoms with Gasteiger partial charge in [-0.05, 0) is 30.7 Å². The number of aryl methyl sites for hydroxylation is 1. The van der Waals surface area contributed by atoms with Crippen LogP contribution in [0, 0.1) is 10.1 Å².